The van der Waals surface area contributed by atoms with E-state index in [0.29, 0.717) is 24.2 Å². The number of hydrazone groups is 1. The van der Waals surface area contributed by atoms with Gasteiger partial charge in [-0.1, -0.05) is 30.0 Å². The largest absolute Gasteiger partial charge is 0.494 e. The Morgan fingerprint density at radius 2 is 1.86 bits per heavy atom. The quantitative estimate of drug-likeness (QED) is 0.748. The lowest BCUT2D eigenvalue weighted by Crippen LogP contribution is -2.33. The lowest BCUT2D eigenvalue weighted by molar-refractivity contribution is -0.113. The summed E-state index contributed by atoms with van der Waals surface area (Å²) in [6, 6.07) is 16.8. The van der Waals surface area contributed by atoms with Crippen molar-refractivity contribution in [1.29, 1.82) is 0 Å². The van der Waals surface area contributed by atoms with Crippen LogP contribution in [0.2, 0.25) is 0 Å². The van der Waals surface area contributed by atoms with Crippen molar-refractivity contribution in [2.75, 3.05) is 30.8 Å². The molecule has 1 aliphatic heterocycles. The zero-order chi connectivity index (χ0) is 20.5. The first-order chi connectivity index (χ1) is 14.2. The molecule has 152 valence electrons. The molecule has 2 aromatic rings. The molecule has 0 aromatic heterocycles. The van der Waals surface area contributed by atoms with Gasteiger partial charge >= 0.3 is 0 Å². The number of carbonyl (C=O) groups is 1. The molecule has 8 heteroatoms. The van der Waals surface area contributed by atoms with Gasteiger partial charge in [0.2, 0.25) is 17.0 Å². The van der Waals surface area contributed by atoms with Gasteiger partial charge in [0.25, 0.3) is 0 Å². The third kappa shape index (κ3) is 6.53. The van der Waals surface area contributed by atoms with Crippen LogP contribution in [0.15, 0.2) is 64.7 Å². The molecule has 2 aromatic carbocycles. The van der Waals surface area contributed by atoms with Gasteiger partial charge in [-0.3, -0.25) is 9.80 Å². The Hall–Kier alpha value is -3.00. The average Bonchev–Trinajstić information content (AvgIpc) is 2.74. The molecule has 1 amide bonds. The smallest absolute Gasteiger partial charge is 0.234 e. The van der Waals surface area contributed by atoms with Crippen LogP contribution in [0.25, 0.3) is 0 Å². The first kappa shape index (κ1) is 20.7. The molecule has 0 spiro atoms. The van der Waals surface area contributed by atoms with Crippen LogP contribution < -0.4 is 14.8 Å². The number of thioether (sulfide) groups is 1. The highest BCUT2D eigenvalue weighted by Gasteiger charge is 2.17. The fourth-order valence-electron chi connectivity index (χ4n) is 2.53. The Balaban J connectivity index is 1.56. The summed E-state index contributed by atoms with van der Waals surface area (Å²) in [6.07, 6.45) is 0. The zero-order valence-electron chi connectivity index (χ0n) is 16.5. The topological polar surface area (TPSA) is 75.5 Å². The summed E-state index contributed by atoms with van der Waals surface area (Å²) in [5.41, 5.74) is 0.719. The van der Waals surface area contributed by atoms with Crippen molar-refractivity contribution in [2.24, 2.45) is 10.1 Å². The van der Waals surface area contributed by atoms with E-state index in [1.165, 1.54) is 11.8 Å². The van der Waals surface area contributed by atoms with Gasteiger partial charge in [-0.15, -0.1) is 5.10 Å². The number of ether oxygens (including phenoxy) is 2. The van der Waals surface area contributed by atoms with Gasteiger partial charge in [-0.25, -0.2) is 0 Å². The highest BCUT2D eigenvalue weighted by molar-refractivity contribution is 8.14. The predicted octanol–water partition coefficient (Wildman–Crippen LogP) is 3.84. The lowest BCUT2D eigenvalue weighted by Gasteiger charge is -2.23. The number of nitrogens with one attached hydrogen (secondary N) is 1. The number of amidine groups is 1. The Morgan fingerprint density at radius 3 is 2.55 bits per heavy atom. The molecule has 0 atom stereocenters. The summed E-state index contributed by atoms with van der Waals surface area (Å²) in [6.45, 7) is 5.76. The van der Waals surface area contributed by atoms with Crippen molar-refractivity contribution >= 4 is 34.4 Å². The van der Waals surface area contributed by atoms with E-state index in [0.717, 1.165) is 23.7 Å². The summed E-state index contributed by atoms with van der Waals surface area (Å²) in [5, 5.41) is 9.68. The number of para-hydroxylation sites is 1. The van der Waals surface area contributed by atoms with Crippen molar-refractivity contribution in [3.05, 3.63) is 54.6 Å². The minimum absolute atomic E-state index is 0.129. The number of hydrogen-bond acceptors (Lipinski definition) is 7. The van der Waals surface area contributed by atoms with E-state index < -0.39 is 0 Å². The molecule has 0 unspecified atom stereocenters. The molecule has 29 heavy (non-hydrogen) atoms. The van der Waals surface area contributed by atoms with Gasteiger partial charge in [0.05, 0.1) is 12.4 Å². The lowest BCUT2D eigenvalue weighted by atomic mass is 10.3. The van der Waals surface area contributed by atoms with E-state index in [-0.39, 0.29) is 11.7 Å². The summed E-state index contributed by atoms with van der Waals surface area (Å²) >= 11 is 1.27. The van der Waals surface area contributed by atoms with Crippen molar-refractivity contribution < 1.29 is 14.3 Å². The number of amides is 1. The first-order valence-corrected chi connectivity index (χ1v) is 10.4. The predicted molar refractivity (Wildman–Crippen MR) is 118 cm³/mol. The van der Waals surface area contributed by atoms with E-state index in [1.54, 1.807) is 0 Å². The number of rotatable bonds is 7. The maximum atomic E-state index is 12.3. The van der Waals surface area contributed by atoms with Crippen LogP contribution in [0.4, 0.5) is 5.69 Å². The Bertz CT molecular complexity index is 869. The normalized spacial score (nSPS) is 13.4. The highest BCUT2D eigenvalue weighted by Crippen LogP contribution is 2.18. The maximum absolute atomic E-state index is 12.3. The maximum Gasteiger partial charge on any atom is 0.234 e. The fraction of sp³-hybridized carbons (Fsp3) is 0.286. The molecule has 3 rings (SSSR count). The van der Waals surface area contributed by atoms with Gasteiger partial charge in [-0.05, 0) is 50.2 Å². The van der Waals surface area contributed by atoms with Gasteiger partial charge in [0.1, 0.15) is 18.0 Å². The van der Waals surface area contributed by atoms with Crippen LogP contribution in [-0.4, -0.2) is 47.4 Å². The van der Waals surface area contributed by atoms with E-state index in [2.05, 4.69) is 15.4 Å². The van der Waals surface area contributed by atoms with Crippen molar-refractivity contribution in [3.63, 3.8) is 0 Å². The first-order valence-electron chi connectivity index (χ1n) is 9.45. The highest BCUT2D eigenvalue weighted by atomic mass is 32.2. The summed E-state index contributed by atoms with van der Waals surface area (Å²) < 4.78 is 11.3. The molecular weight excluding hydrogens is 388 g/mol. The van der Waals surface area contributed by atoms with E-state index in [9.17, 15) is 4.79 Å². The van der Waals surface area contributed by atoms with E-state index in [1.807, 2.05) is 73.5 Å². The summed E-state index contributed by atoms with van der Waals surface area (Å²) in [5.74, 6) is 2.13. The molecule has 0 saturated carbocycles. The minimum Gasteiger partial charge on any atom is -0.494 e. The second kappa shape index (κ2) is 10.5. The molecule has 7 nitrogen and oxygen atoms in total. The van der Waals surface area contributed by atoms with Gasteiger partial charge in [-0.2, -0.15) is 4.99 Å². The Kier molecular flexibility index (Phi) is 7.52. The molecule has 0 aliphatic carbocycles. The molecule has 0 fully saturated rings. The molecule has 1 N–H and O–H groups in total. The minimum atomic E-state index is -0.129. The molecule has 1 aliphatic rings. The van der Waals surface area contributed by atoms with Gasteiger partial charge in [0.15, 0.2) is 0 Å². The Labute approximate surface area is 174 Å². The van der Waals surface area contributed by atoms with Crippen LogP contribution in [0.5, 0.6) is 11.5 Å². The second-order valence-electron chi connectivity index (χ2n) is 6.08. The van der Waals surface area contributed by atoms with Crippen molar-refractivity contribution in [3.8, 4) is 11.5 Å². The summed E-state index contributed by atoms with van der Waals surface area (Å²) in [4.78, 5) is 16.7. The molecule has 0 radical (unpaired) electrons. The van der Waals surface area contributed by atoms with Crippen LogP contribution in [0, 0.1) is 0 Å². The van der Waals surface area contributed by atoms with Crippen LogP contribution >= 0.6 is 11.8 Å². The number of carbonyl (C=O) groups excluding carboxylic acids is 1. The Morgan fingerprint density at radius 1 is 1.10 bits per heavy atom. The molecule has 0 bridgehead atoms. The van der Waals surface area contributed by atoms with E-state index >= 15 is 0 Å². The number of aliphatic imine (C=N–C) groups is 1. The fourth-order valence-corrected chi connectivity index (χ4v) is 3.20. The number of benzene rings is 2. The van der Waals surface area contributed by atoms with Crippen molar-refractivity contribution in [2.45, 2.75) is 13.8 Å². The average molecular weight is 413 g/mol. The third-order valence-electron chi connectivity index (χ3n) is 3.89. The zero-order valence-corrected chi connectivity index (χ0v) is 17.3. The van der Waals surface area contributed by atoms with Crippen molar-refractivity contribution in [1.82, 2.24) is 5.01 Å². The van der Waals surface area contributed by atoms with Crippen LogP contribution in [0.3, 0.4) is 0 Å². The number of hydrogen-bond donors (Lipinski definition) is 1. The van der Waals surface area contributed by atoms with Gasteiger partial charge in [0, 0.05) is 12.2 Å². The molecule has 0 saturated heterocycles. The number of likely N-dealkylation sites (N-methyl/N-ethyl adjacent to an activating group) is 1. The SMILES string of the molecule is CCOc1ccc(NC(=O)CSC2=NN(CC)CC(Oc3ccccc3)=N2)cc1. The van der Waals surface area contributed by atoms with E-state index in [4.69, 9.17) is 9.47 Å². The molecular formula is C21H24N4O3S. The van der Waals surface area contributed by atoms with Crippen LogP contribution in [-0.2, 0) is 4.79 Å². The standard InChI is InChI=1S/C21H24N4O3S/c1-3-25-14-20(28-18-8-6-5-7-9-18)23-21(24-25)29-15-19(26)22-16-10-12-17(13-11-16)27-4-2/h5-13H,3-4,14-15H2,1-2H3,(H,22,26). The van der Waals surface area contributed by atoms with Crippen LogP contribution in [0.1, 0.15) is 13.8 Å². The second-order valence-corrected chi connectivity index (χ2v) is 7.02. The van der Waals surface area contributed by atoms with Gasteiger partial charge < -0.3 is 14.8 Å². The monoisotopic (exact) mass is 412 g/mol. The molecule has 1 heterocycles. The number of nitrogens with zero attached hydrogens (tertiary/aromatic N) is 3. The summed E-state index contributed by atoms with van der Waals surface area (Å²) in [7, 11) is 0. The third-order valence-corrected chi connectivity index (χ3v) is 4.73. The number of anilines is 1.